The van der Waals surface area contributed by atoms with Crippen LogP contribution in [-0.2, 0) is 13.2 Å². The molecule has 0 saturated carbocycles. The number of aliphatic hydroxyl groups is 1. The number of hydrogen-bond donors (Lipinski definition) is 2. The Kier molecular flexibility index (Phi) is 4.21. The van der Waals surface area contributed by atoms with E-state index in [-0.39, 0.29) is 18.0 Å². The van der Waals surface area contributed by atoms with Crippen LogP contribution in [0.15, 0.2) is 34.7 Å². The first-order valence-electron chi connectivity index (χ1n) is 5.88. The highest BCUT2D eigenvalue weighted by molar-refractivity contribution is 5.58. The minimum Gasteiger partial charge on any atom is -0.490 e. The van der Waals surface area contributed by atoms with Crippen molar-refractivity contribution in [3.05, 3.63) is 52.0 Å². The maximum atomic E-state index is 10.9. The summed E-state index contributed by atoms with van der Waals surface area (Å²) in [6.45, 7) is 0.206. The van der Waals surface area contributed by atoms with E-state index in [0.29, 0.717) is 23.8 Å². The molecular weight excluding hydrogens is 264 g/mol. The zero-order valence-electron chi connectivity index (χ0n) is 10.8. The number of nitrogens with zero attached hydrogens (tertiary/aromatic N) is 1. The number of rotatable bonds is 6. The van der Waals surface area contributed by atoms with Gasteiger partial charge >= 0.3 is 5.69 Å². The molecular formula is C13H14N2O5. The van der Waals surface area contributed by atoms with Crippen LogP contribution in [0.4, 0.5) is 11.4 Å². The van der Waals surface area contributed by atoms with Crippen molar-refractivity contribution in [1.29, 1.82) is 0 Å². The smallest absolute Gasteiger partial charge is 0.312 e. The number of methoxy groups -OCH3 is 1. The quantitative estimate of drug-likeness (QED) is 0.621. The molecule has 1 aromatic carbocycles. The molecule has 0 saturated heterocycles. The second-order valence-electron chi connectivity index (χ2n) is 4.02. The molecule has 0 fully saturated rings. The van der Waals surface area contributed by atoms with E-state index in [1.807, 2.05) is 0 Å². The Labute approximate surface area is 114 Å². The van der Waals surface area contributed by atoms with Crippen molar-refractivity contribution in [1.82, 2.24) is 0 Å². The van der Waals surface area contributed by atoms with E-state index in [1.165, 1.54) is 19.2 Å². The maximum Gasteiger partial charge on any atom is 0.312 e. The lowest BCUT2D eigenvalue weighted by molar-refractivity contribution is -0.385. The van der Waals surface area contributed by atoms with E-state index in [2.05, 4.69) is 5.32 Å². The summed E-state index contributed by atoms with van der Waals surface area (Å²) in [5.41, 5.74) is 0.479. The predicted octanol–water partition coefficient (Wildman–Crippen LogP) is 2.30. The minimum atomic E-state index is -0.499. The summed E-state index contributed by atoms with van der Waals surface area (Å²) in [6, 6.07) is 8.02. The first kappa shape index (κ1) is 13.9. The maximum absolute atomic E-state index is 10.9. The third kappa shape index (κ3) is 3.07. The van der Waals surface area contributed by atoms with E-state index in [4.69, 9.17) is 14.3 Å². The van der Waals surface area contributed by atoms with Crippen molar-refractivity contribution >= 4 is 11.4 Å². The average molecular weight is 278 g/mol. The van der Waals surface area contributed by atoms with Crippen molar-refractivity contribution in [3.63, 3.8) is 0 Å². The molecule has 0 aliphatic heterocycles. The molecule has 0 bridgehead atoms. The fourth-order valence-corrected chi connectivity index (χ4v) is 1.73. The molecule has 7 heteroatoms. The second kappa shape index (κ2) is 6.07. The number of nitro benzene ring substituents is 1. The van der Waals surface area contributed by atoms with Gasteiger partial charge in [-0.05, 0) is 24.3 Å². The number of furan rings is 1. The third-order valence-corrected chi connectivity index (χ3v) is 2.72. The SMILES string of the molecule is COc1ccc(NCc2ccc(CO)o2)cc1[N+](=O)[O-]. The molecule has 0 unspecified atom stereocenters. The summed E-state index contributed by atoms with van der Waals surface area (Å²) in [5, 5.41) is 22.8. The topological polar surface area (TPSA) is 97.8 Å². The van der Waals surface area contributed by atoms with Gasteiger partial charge in [0.1, 0.15) is 18.1 Å². The molecule has 7 nitrogen and oxygen atoms in total. The second-order valence-corrected chi connectivity index (χ2v) is 4.02. The average Bonchev–Trinajstić information content (AvgIpc) is 2.92. The van der Waals surface area contributed by atoms with Crippen LogP contribution in [0.3, 0.4) is 0 Å². The van der Waals surface area contributed by atoms with Crippen LogP contribution in [0.2, 0.25) is 0 Å². The van der Waals surface area contributed by atoms with Gasteiger partial charge in [-0.2, -0.15) is 0 Å². The lowest BCUT2D eigenvalue weighted by Gasteiger charge is -2.06. The molecule has 20 heavy (non-hydrogen) atoms. The van der Waals surface area contributed by atoms with Gasteiger partial charge in [0.25, 0.3) is 0 Å². The molecule has 0 spiro atoms. The molecule has 0 aliphatic carbocycles. The van der Waals surface area contributed by atoms with E-state index in [1.54, 1.807) is 18.2 Å². The van der Waals surface area contributed by atoms with Gasteiger partial charge in [-0.15, -0.1) is 0 Å². The lowest BCUT2D eigenvalue weighted by Crippen LogP contribution is -2.00. The van der Waals surface area contributed by atoms with Crippen molar-refractivity contribution in [2.24, 2.45) is 0 Å². The Hall–Kier alpha value is -2.54. The van der Waals surface area contributed by atoms with Gasteiger partial charge in [0.05, 0.1) is 18.6 Å². The number of ether oxygens (including phenoxy) is 1. The summed E-state index contributed by atoms with van der Waals surface area (Å²) in [5.74, 6) is 1.32. The highest BCUT2D eigenvalue weighted by atomic mass is 16.6. The Morgan fingerprint density at radius 3 is 2.70 bits per heavy atom. The Bertz CT molecular complexity index is 609. The van der Waals surface area contributed by atoms with Gasteiger partial charge in [-0.3, -0.25) is 10.1 Å². The third-order valence-electron chi connectivity index (χ3n) is 2.72. The molecule has 0 atom stereocenters. The van der Waals surface area contributed by atoms with Gasteiger partial charge in [0.15, 0.2) is 5.75 Å². The first-order chi connectivity index (χ1) is 9.63. The van der Waals surface area contributed by atoms with Crippen LogP contribution in [-0.4, -0.2) is 17.1 Å². The van der Waals surface area contributed by atoms with Gasteiger partial charge < -0.3 is 19.6 Å². The number of hydrogen-bond acceptors (Lipinski definition) is 6. The van der Waals surface area contributed by atoms with Gasteiger partial charge in [-0.1, -0.05) is 0 Å². The Morgan fingerprint density at radius 2 is 2.10 bits per heavy atom. The van der Waals surface area contributed by atoms with Crippen LogP contribution >= 0.6 is 0 Å². The number of aliphatic hydroxyl groups excluding tert-OH is 1. The Balaban J connectivity index is 2.09. The molecule has 0 radical (unpaired) electrons. The summed E-state index contributed by atoms with van der Waals surface area (Å²) in [7, 11) is 1.38. The molecule has 0 aliphatic rings. The van der Waals surface area contributed by atoms with Crippen LogP contribution in [0.5, 0.6) is 5.75 Å². The normalized spacial score (nSPS) is 10.3. The van der Waals surface area contributed by atoms with Crippen LogP contribution in [0.1, 0.15) is 11.5 Å². The summed E-state index contributed by atoms with van der Waals surface area (Å²) >= 11 is 0. The first-order valence-corrected chi connectivity index (χ1v) is 5.88. The molecule has 2 rings (SSSR count). The van der Waals surface area contributed by atoms with Crippen molar-refractivity contribution in [2.75, 3.05) is 12.4 Å². The zero-order valence-corrected chi connectivity index (χ0v) is 10.8. The molecule has 2 N–H and O–H groups in total. The Morgan fingerprint density at radius 1 is 1.35 bits per heavy atom. The number of benzene rings is 1. The van der Waals surface area contributed by atoms with Crippen LogP contribution < -0.4 is 10.1 Å². The van der Waals surface area contributed by atoms with Gasteiger partial charge in [0, 0.05) is 11.8 Å². The van der Waals surface area contributed by atoms with Crippen LogP contribution in [0.25, 0.3) is 0 Å². The fraction of sp³-hybridized carbons (Fsp3) is 0.231. The summed E-state index contributed by atoms with van der Waals surface area (Å²) in [6.07, 6.45) is 0. The number of nitro groups is 1. The molecule has 1 aromatic heterocycles. The summed E-state index contributed by atoms with van der Waals surface area (Å²) < 4.78 is 10.2. The van der Waals surface area contributed by atoms with Crippen molar-refractivity contribution < 1.29 is 19.2 Å². The molecule has 2 aromatic rings. The van der Waals surface area contributed by atoms with Crippen molar-refractivity contribution in [3.8, 4) is 5.75 Å². The van der Waals surface area contributed by atoms with Crippen LogP contribution in [0, 0.1) is 10.1 Å². The summed E-state index contributed by atoms with van der Waals surface area (Å²) in [4.78, 5) is 10.4. The zero-order chi connectivity index (χ0) is 14.5. The van der Waals surface area contributed by atoms with Gasteiger partial charge in [0.2, 0.25) is 0 Å². The minimum absolute atomic E-state index is 0.104. The predicted molar refractivity (Wildman–Crippen MR) is 71.6 cm³/mol. The number of nitrogens with one attached hydrogen (secondary N) is 1. The van der Waals surface area contributed by atoms with E-state index in [0.717, 1.165) is 0 Å². The van der Waals surface area contributed by atoms with Gasteiger partial charge in [-0.25, -0.2) is 0 Å². The molecule has 0 amide bonds. The largest absolute Gasteiger partial charge is 0.490 e. The lowest BCUT2D eigenvalue weighted by atomic mass is 10.2. The standard InChI is InChI=1S/C13H14N2O5/c1-19-13-5-2-9(6-12(13)15(17)18)14-7-10-3-4-11(8-16)20-10/h2-6,14,16H,7-8H2,1H3. The molecule has 106 valence electrons. The molecule has 1 heterocycles. The van der Waals surface area contributed by atoms with E-state index < -0.39 is 4.92 Å². The van der Waals surface area contributed by atoms with E-state index in [9.17, 15) is 10.1 Å². The monoisotopic (exact) mass is 278 g/mol. The highest BCUT2D eigenvalue weighted by Gasteiger charge is 2.15. The number of anilines is 1. The fourth-order valence-electron chi connectivity index (χ4n) is 1.73. The highest BCUT2D eigenvalue weighted by Crippen LogP contribution is 2.29. The van der Waals surface area contributed by atoms with E-state index >= 15 is 0 Å². The van der Waals surface area contributed by atoms with Crippen molar-refractivity contribution in [2.45, 2.75) is 13.2 Å².